The van der Waals surface area contributed by atoms with Gasteiger partial charge >= 0.3 is 0 Å². The zero-order valence-electron chi connectivity index (χ0n) is 21.4. The third-order valence-corrected chi connectivity index (χ3v) is 7.82. The number of ketones is 2. The van der Waals surface area contributed by atoms with Crippen LogP contribution in [-0.4, -0.2) is 30.6 Å². The molecule has 0 saturated carbocycles. The molecule has 2 aliphatic carbocycles. The second kappa shape index (κ2) is 10.6. The van der Waals surface area contributed by atoms with E-state index < -0.39 is 0 Å². The topological polar surface area (TPSA) is 55.8 Å². The van der Waals surface area contributed by atoms with Crippen molar-refractivity contribution in [3.63, 3.8) is 0 Å². The maximum Gasteiger partial charge on any atom is 0.165 e. The number of rotatable bonds is 7. The van der Waals surface area contributed by atoms with E-state index in [-0.39, 0.29) is 17.5 Å². The minimum absolute atomic E-state index is 0.133. The first-order valence-electron chi connectivity index (χ1n) is 12.9. The fourth-order valence-electron chi connectivity index (χ4n) is 5.94. The smallest absolute Gasteiger partial charge is 0.165 e. The molecular weight excluding hydrogens is 486 g/mol. The van der Waals surface area contributed by atoms with Gasteiger partial charge in [-0.1, -0.05) is 35.9 Å². The first-order valence-corrected chi connectivity index (χ1v) is 13.3. The van der Waals surface area contributed by atoms with Gasteiger partial charge in [-0.05, 0) is 61.4 Å². The van der Waals surface area contributed by atoms with Gasteiger partial charge in [0.15, 0.2) is 23.1 Å². The number of carbonyl (C=O) groups excluding carboxylic acids is 2. The zero-order chi connectivity index (χ0) is 26.1. The average molecular weight is 518 g/mol. The number of allylic oxidation sites excluding steroid dienone is 5. The van der Waals surface area contributed by atoms with Gasteiger partial charge in [-0.25, -0.2) is 0 Å². The van der Waals surface area contributed by atoms with E-state index >= 15 is 0 Å². The lowest BCUT2D eigenvalue weighted by Gasteiger charge is -2.42. The van der Waals surface area contributed by atoms with Crippen LogP contribution in [0.4, 0.5) is 0 Å². The van der Waals surface area contributed by atoms with Crippen molar-refractivity contribution >= 4 is 23.2 Å². The van der Waals surface area contributed by atoms with E-state index in [0.29, 0.717) is 42.4 Å². The molecule has 0 bridgehead atoms. The molecule has 0 radical (unpaired) electrons. The summed E-state index contributed by atoms with van der Waals surface area (Å²) in [5.74, 6) is 1.09. The second-order valence-corrected chi connectivity index (χ2v) is 10.3. The number of ether oxygens (including phenoxy) is 2. The lowest BCUT2D eigenvalue weighted by atomic mass is 9.71. The lowest BCUT2D eigenvalue weighted by molar-refractivity contribution is -0.117. The molecule has 1 heterocycles. The lowest BCUT2D eigenvalue weighted by Crippen LogP contribution is -2.37. The summed E-state index contributed by atoms with van der Waals surface area (Å²) in [5, 5.41) is 0.652. The number of halogens is 1. The monoisotopic (exact) mass is 517 g/mol. The summed E-state index contributed by atoms with van der Waals surface area (Å²) in [5.41, 5.74) is 6.39. The Morgan fingerprint density at radius 3 is 2.30 bits per heavy atom. The Morgan fingerprint density at radius 2 is 1.70 bits per heavy atom. The molecule has 2 aromatic rings. The van der Waals surface area contributed by atoms with Crippen LogP contribution in [0.1, 0.15) is 61.1 Å². The zero-order valence-corrected chi connectivity index (χ0v) is 22.2. The number of Topliss-reactive ketones (excluding diaryl/α,β-unsaturated/α-hetero) is 2. The minimum atomic E-state index is -0.388. The molecule has 0 amide bonds. The van der Waals surface area contributed by atoms with Crippen LogP contribution >= 0.6 is 11.6 Å². The van der Waals surface area contributed by atoms with E-state index in [1.54, 1.807) is 7.11 Å². The third kappa shape index (κ3) is 4.73. The van der Waals surface area contributed by atoms with Gasteiger partial charge in [0, 0.05) is 58.9 Å². The van der Waals surface area contributed by atoms with E-state index in [0.717, 1.165) is 64.9 Å². The summed E-state index contributed by atoms with van der Waals surface area (Å²) in [4.78, 5) is 28.8. The maximum absolute atomic E-state index is 13.4. The van der Waals surface area contributed by atoms with Crippen molar-refractivity contribution in [1.82, 2.24) is 4.90 Å². The maximum atomic E-state index is 13.4. The van der Waals surface area contributed by atoms with E-state index in [4.69, 9.17) is 21.1 Å². The predicted octanol–water partition coefficient (Wildman–Crippen LogP) is 6.70. The highest BCUT2D eigenvalue weighted by Gasteiger charge is 2.42. The Morgan fingerprint density at radius 1 is 1.03 bits per heavy atom. The average Bonchev–Trinajstić information content (AvgIpc) is 2.89. The van der Waals surface area contributed by atoms with Crippen molar-refractivity contribution in [2.45, 2.75) is 57.5 Å². The summed E-state index contributed by atoms with van der Waals surface area (Å²) < 4.78 is 12.1. The van der Waals surface area contributed by atoms with Gasteiger partial charge in [0.2, 0.25) is 0 Å². The summed E-state index contributed by atoms with van der Waals surface area (Å²) in [7, 11) is 3.62. The van der Waals surface area contributed by atoms with Crippen LogP contribution in [0.5, 0.6) is 11.5 Å². The molecule has 37 heavy (non-hydrogen) atoms. The molecule has 0 unspecified atom stereocenters. The molecule has 3 aliphatic rings. The second-order valence-electron chi connectivity index (χ2n) is 9.89. The minimum Gasteiger partial charge on any atom is -0.493 e. The SMILES string of the molecule is C=CCc1cc(C2C3=C(CCCC3=O)N(C)C3=C2C(=O)CCC3)cc(OC)c1OCc1cccc(Cl)c1. The van der Waals surface area contributed by atoms with Gasteiger partial charge in [0.05, 0.1) is 7.11 Å². The number of hydrogen-bond donors (Lipinski definition) is 0. The van der Waals surface area contributed by atoms with E-state index in [1.165, 1.54) is 0 Å². The molecule has 1 aliphatic heterocycles. The van der Waals surface area contributed by atoms with Gasteiger partial charge in [-0.15, -0.1) is 6.58 Å². The number of nitrogens with zero attached hydrogens (tertiary/aromatic N) is 1. The first kappa shape index (κ1) is 25.3. The molecule has 0 atom stereocenters. The van der Waals surface area contributed by atoms with Gasteiger partial charge in [-0.2, -0.15) is 0 Å². The van der Waals surface area contributed by atoms with Crippen molar-refractivity contribution in [3.8, 4) is 11.5 Å². The number of carbonyl (C=O) groups is 2. The highest BCUT2D eigenvalue weighted by atomic mass is 35.5. The first-order chi connectivity index (χ1) is 17.9. The number of benzene rings is 2. The predicted molar refractivity (Wildman–Crippen MR) is 145 cm³/mol. The third-order valence-electron chi connectivity index (χ3n) is 7.59. The molecule has 0 fully saturated rings. The van der Waals surface area contributed by atoms with Gasteiger partial charge < -0.3 is 14.4 Å². The molecule has 0 spiro atoms. The van der Waals surface area contributed by atoms with Crippen LogP contribution < -0.4 is 9.47 Å². The van der Waals surface area contributed by atoms with Crippen LogP contribution in [0.25, 0.3) is 0 Å². The van der Waals surface area contributed by atoms with Crippen LogP contribution in [0.3, 0.4) is 0 Å². The van der Waals surface area contributed by atoms with Crippen molar-refractivity contribution < 1.29 is 19.1 Å². The van der Waals surface area contributed by atoms with Crippen molar-refractivity contribution in [3.05, 3.63) is 93.3 Å². The summed E-state index contributed by atoms with van der Waals surface area (Å²) in [6.45, 7) is 4.27. The van der Waals surface area contributed by atoms with Crippen molar-refractivity contribution in [2.75, 3.05) is 14.2 Å². The van der Waals surface area contributed by atoms with Crippen LogP contribution in [0.15, 0.2) is 71.6 Å². The highest BCUT2D eigenvalue weighted by Crippen LogP contribution is 2.50. The molecule has 2 aromatic carbocycles. The fraction of sp³-hybridized carbons (Fsp3) is 0.355. The number of methoxy groups -OCH3 is 1. The number of hydrogen-bond acceptors (Lipinski definition) is 5. The van der Waals surface area contributed by atoms with Gasteiger partial charge in [-0.3, -0.25) is 9.59 Å². The summed E-state index contributed by atoms with van der Waals surface area (Å²) in [6.07, 6.45) is 6.77. The Hall–Kier alpha value is -3.31. The van der Waals surface area contributed by atoms with Gasteiger partial charge in [0.1, 0.15) is 6.61 Å². The molecule has 0 aromatic heterocycles. The van der Waals surface area contributed by atoms with Crippen LogP contribution in [0.2, 0.25) is 5.02 Å². The highest BCUT2D eigenvalue weighted by molar-refractivity contribution is 6.30. The van der Waals surface area contributed by atoms with Crippen LogP contribution in [0, 0.1) is 0 Å². The molecule has 192 valence electrons. The summed E-state index contributed by atoms with van der Waals surface area (Å²) in [6, 6.07) is 11.6. The standard InChI is InChI=1S/C31H32ClNO4/c1-4-8-20-16-21(17-27(36-3)31(20)37-18-19-9-5-10-22(32)15-19)28-29-23(11-6-13-25(29)34)33(2)24-12-7-14-26(35)30(24)28/h4-5,9-10,15-17,28H,1,6-8,11-14,18H2,2-3H3. The Balaban J connectivity index is 1.63. The van der Waals surface area contributed by atoms with E-state index in [9.17, 15) is 9.59 Å². The molecule has 6 heteroatoms. The van der Waals surface area contributed by atoms with Crippen molar-refractivity contribution in [1.29, 1.82) is 0 Å². The fourth-order valence-corrected chi connectivity index (χ4v) is 6.15. The Labute approximate surface area is 223 Å². The largest absolute Gasteiger partial charge is 0.493 e. The summed E-state index contributed by atoms with van der Waals surface area (Å²) >= 11 is 6.16. The van der Waals surface area contributed by atoms with E-state index in [1.807, 2.05) is 43.5 Å². The van der Waals surface area contributed by atoms with Crippen LogP contribution in [-0.2, 0) is 22.6 Å². The molecular formula is C31H32ClNO4. The van der Waals surface area contributed by atoms with Gasteiger partial charge in [0.25, 0.3) is 0 Å². The van der Waals surface area contributed by atoms with E-state index in [2.05, 4.69) is 17.5 Å². The Bertz CT molecular complexity index is 1290. The molecule has 5 rings (SSSR count). The quantitative estimate of drug-likeness (QED) is 0.382. The molecule has 5 nitrogen and oxygen atoms in total. The van der Waals surface area contributed by atoms with Crippen molar-refractivity contribution in [2.24, 2.45) is 0 Å². The molecule has 0 saturated heterocycles. The molecule has 0 N–H and O–H groups in total. The Kier molecular flexibility index (Phi) is 7.25. The normalized spacial score (nSPS) is 18.1.